The van der Waals surface area contributed by atoms with Crippen LogP contribution in [0.3, 0.4) is 0 Å². The molecule has 556 valence electrons. The van der Waals surface area contributed by atoms with Crippen LogP contribution in [0.25, 0.3) is 30.4 Å². The molecular formula is C77H88N8O16S4. The number of nitrogens with zero attached hydrogens (tertiary/aromatic N) is 1. The fourth-order valence-corrected chi connectivity index (χ4v) is 14.9. The van der Waals surface area contributed by atoms with Gasteiger partial charge in [0.2, 0.25) is 40.1 Å². The lowest BCUT2D eigenvalue weighted by atomic mass is 10.1. The van der Waals surface area contributed by atoms with Gasteiger partial charge >= 0.3 is 0 Å². The molecule has 0 aliphatic carbocycles. The summed E-state index contributed by atoms with van der Waals surface area (Å²) in [7, 11) is -14.7. The highest BCUT2D eigenvalue weighted by Crippen LogP contribution is 2.29. The summed E-state index contributed by atoms with van der Waals surface area (Å²) in [5.74, 6) is -2.76. The molecule has 0 saturated carbocycles. The largest absolute Gasteiger partial charge is 0.288 e. The third kappa shape index (κ3) is 31.0. The molecule has 4 amide bonds. The quantitative estimate of drug-likeness (QED) is 0.00788. The van der Waals surface area contributed by atoms with Crippen molar-refractivity contribution in [1.82, 2.24) is 40.4 Å². The number of aryl methyl sites for hydroxylation is 1. The average molecular weight is 1510 g/mol. The summed E-state index contributed by atoms with van der Waals surface area (Å²) in [6.45, 7) is 6.78. The Bertz CT molecular complexity index is 4690. The summed E-state index contributed by atoms with van der Waals surface area (Å²) in [4.78, 5) is 44.7. The second kappa shape index (κ2) is 45.1. The number of hydroxylamine groups is 4. The van der Waals surface area contributed by atoms with Crippen molar-refractivity contribution in [2.75, 3.05) is 19.6 Å². The van der Waals surface area contributed by atoms with Crippen LogP contribution in [-0.2, 0) is 72.1 Å². The molecule has 105 heavy (non-hydrogen) atoms. The second-order valence-corrected chi connectivity index (χ2v) is 30.1. The van der Waals surface area contributed by atoms with Crippen molar-refractivity contribution < 1.29 is 73.7 Å². The molecule has 2 atom stereocenters. The molecule has 0 heterocycles. The van der Waals surface area contributed by atoms with Crippen LogP contribution in [-0.4, -0.2) is 108 Å². The Balaban J connectivity index is 0.000000252. The Kier molecular flexibility index (Phi) is 36.7. The number of unbranched alkanes of at least 4 members (excludes halogenated alkanes) is 2. The van der Waals surface area contributed by atoms with Crippen molar-refractivity contribution >= 4 is 94.1 Å². The number of carbonyl (C=O) groups is 4. The van der Waals surface area contributed by atoms with Gasteiger partial charge in [-0.2, -0.15) is 4.31 Å². The number of amides is 4. The van der Waals surface area contributed by atoms with E-state index >= 15 is 0 Å². The van der Waals surface area contributed by atoms with Crippen molar-refractivity contribution in [3.05, 3.63) is 293 Å². The lowest BCUT2D eigenvalue weighted by Crippen LogP contribution is -2.36. The fourth-order valence-electron chi connectivity index (χ4n) is 9.69. The molecule has 8 aromatic rings. The number of rotatable bonds is 33. The molecule has 0 radical (unpaired) electrons. The van der Waals surface area contributed by atoms with Gasteiger partial charge in [0, 0.05) is 56.0 Å². The third-order valence-electron chi connectivity index (χ3n) is 15.2. The van der Waals surface area contributed by atoms with Gasteiger partial charge in [-0.25, -0.2) is 69.8 Å². The number of hydrogen-bond donors (Lipinski definition) is 11. The number of hydrogen-bond acceptors (Lipinski definition) is 16. The first-order valence-corrected chi connectivity index (χ1v) is 39.0. The van der Waals surface area contributed by atoms with Gasteiger partial charge in [-0.1, -0.05) is 202 Å². The third-order valence-corrected chi connectivity index (χ3v) is 21.6. The van der Waals surface area contributed by atoms with Crippen molar-refractivity contribution in [3.8, 4) is 0 Å². The highest BCUT2D eigenvalue weighted by molar-refractivity contribution is 7.90. The first-order chi connectivity index (χ1) is 50.4. The summed E-state index contributed by atoms with van der Waals surface area (Å²) in [5.41, 5.74) is 12.3. The van der Waals surface area contributed by atoms with Gasteiger partial charge in [-0.05, 0) is 163 Å². The Labute approximate surface area is 614 Å². The molecule has 28 heteroatoms. The van der Waals surface area contributed by atoms with E-state index in [1.54, 1.807) is 60.7 Å². The van der Waals surface area contributed by atoms with Gasteiger partial charge in [0.15, 0.2) is 0 Å². The van der Waals surface area contributed by atoms with Crippen LogP contribution in [0.5, 0.6) is 0 Å². The monoisotopic (exact) mass is 1510 g/mol. The van der Waals surface area contributed by atoms with E-state index in [2.05, 4.69) is 26.3 Å². The SMILES string of the molecule is CCC(Cc1ccccc1)NS(=O)(=O)c1cccc(/C=C/C(=O)NO)c1.CCCCN(C(C)c1ccccc1)S(=O)(=O)c1cccc(/C=C/C(=O)NO)c1.O=C(/C=C/c1cccc(S(=O)(=O)NC/C=C/c2ccccc2)c1)NO.O=C(/C=C/c1cccc(S(=O)(=O)NCCCCc2ccccc2)c1)NO. The summed E-state index contributed by atoms with van der Waals surface area (Å²) in [6.07, 6.45) is 19.2. The van der Waals surface area contributed by atoms with Crippen LogP contribution in [0.2, 0.25) is 0 Å². The van der Waals surface area contributed by atoms with E-state index in [-0.39, 0.29) is 38.2 Å². The number of carbonyl (C=O) groups excluding carboxylic acids is 4. The Hall–Kier alpha value is -10.2. The molecule has 8 aromatic carbocycles. The van der Waals surface area contributed by atoms with Crippen molar-refractivity contribution in [1.29, 1.82) is 0 Å². The molecule has 0 fully saturated rings. The number of benzene rings is 8. The average Bonchev–Trinajstić information content (AvgIpc) is 0.796. The molecule has 24 nitrogen and oxygen atoms in total. The Morgan fingerprint density at radius 2 is 0.800 bits per heavy atom. The first-order valence-electron chi connectivity index (χ1n) is 33.1. The maximum atomic E-state index is 13.4. The minimum absolute atomic E-state index is 0.0900. The molecule has 0 saturated heterocycles. The molecule has 0 spiro atoms. The van der Waals surface area contributed by atoms with Crippen molar-refractivity contribution in [2.24, 2.45) is 0 Å². The standard InChI is InChI=1S/C21H26N2O4S.2C19H22N2O4S.C18H18N2O4S/c1-3-4-15-23(17(2)19-10-6-5-7-11-19)28(26,27)20-12-8-9-18(16-20)13-14-21(24)22-25;1-2-17(13-15-7-4-3-5-8-15)21-26(24,25)18-10-6-9-16(14-18)11-12-19(22)20-23;22-19(21-23)13-12-17-10-6-11-18(15-17)26(24,25)20-14-5-4-9-16-7-2-1-3-8-16;21-18(20-22)12-11-16-8-4-10-17(14-16)25(23,24)19-13-5-9-15-6-2-1-3-7-15/h5-14,16-17,25H,3-4,15H2,1-2H3,(H,22,24);3-12,14,17,21,23H,2,13H2,1H3,(H,20,22);1-3,6-8,10-13,15,20,23H,4-5,9,14H2,(H,21,22);1-12,14,19,22H,13H2,(H,20,21)/b14-13+;12-11+;13-12+;9-5+,12-11+. The van der Waals surface area contributed by atoms with Gasteiger partial charge in [0.1, 0.15) is 0 Å². The number of sulfonamides is 4. The normalized spacial score (nSPS) is 12.3. The van der Waals surface area contributed by atoms with Gasteiger partial charge in [0.25, 0.3) is 23.6 Å². The van der Waals surface area contributed by atoms with E-state index in [0.29, 0.717) is 48.2 Å². The van der Waals surface area contributed by atoms with Crippen LogP contribution in [0.4, 0.5) is 0 Å². The first kappa shape index (κ1) is 85.5. The smallest absolute Gasteiger partial charge is 0.267 e. The van der Waals surface area contributed by atoms with E-state index in [0.717, 1.165) is 73.1 Å². The fraction of sp³-hybridized carbons (Fsp3) is 0.195. The van der Waals surface area contributed by atoms with Crippen LogP contribution < -0.4 is 36.1 Å². The zero-order valence-corrected chi connectivity index (χ0v) is 61.3. The van der Waals surface area contributed by atoms with Crippen LogP contribution in [0.15, 0.2) is 268 Å². The van der Waals surface area contributed by atoms with Crippen molar-refractivity contribution in [3.63, 3.8) is 0 Å². The van der Waals surface area contributed by atoms with Crippen LogP contribution in [0.1, 0.15) is 103 Å². The number of nitrogens with one attached hydrogen (secondary N) is 7. The van der Waals surface area contributed by atoms with E-state index in [4.69, 9.17) is 20.8 Å². The van der Waals surface area contributed by atoms with E-state index in [9.17, 15) is 52.8 Å². The Morgan fingerprint density at radius 1 is 0.419 bits per heavy atom. The zero-order valence-electron chi connectivity index (χ0n) is 58.1. The predicted molar refractivity (Wildman–Crippen MR) is 405 cm³/mol. The van der Waals surface area contributed by atoms with Crippen LogP contribution >= 0.6 is 0 Å². The molecule has 0 aliphatic rings. The minimum Gasteiger partial charge on any atom is -0.288 e. The van der Waals surface area contributed by atoms with E-state index < -0.39 is 63.7 Å². The predicted octanol–water partition coefficient (Wildman–Crippen LogP) is 11.0. The Morgan fingerprint density at radius 3 is 1.23 bits per heavy atom. The van der Waals surface area contributed by atoms with Gasteiger partial charge in [0.05, 0.1) is 19.6 Å². The second-order valence-electron chi connectivity index (χ2n) is 23.0. The molecule has 11 N–H and O–H groups in total. The van der Waals surface area contributed by atoms with Gasteiger partial charge in [-0.15, -0.1) is 0 Å². The molecule has 0 bridgehead atoms. The maximum absolute atomic E-state index is 13.4. The summed E-state index contributed by atoms with van der Waals surface area (Å²) in [5, 5.41) is 33.9. The maximum Gasteiger partial charge on any atom is 0.267 e. The highest BCUT2D eigenvalue weighted by atomic mass is 32.2. The van der Waals surface area contributed by atoms with Crippen molar-refractivity contribution in [2.45, 2.75) is 97.4 Å². The molecule has 2 unspecified atom stereocenters. The summed E-state index contributed by atoms with van der Waals surface area (Å²) in [6, 6.07) is 63.3. The molecule has 0 aromatic heterocycles. The van der Waals surface area contributed by atoms with E-state index in [1.165, 1.54) is 98.6 Å². The summed E-state index contributed by atoms with van der Waals surface area (Å²) < 4.78 is 111. The topological polar surface area (TPSA) is 373 Å². The minimum atomic E-state index is -3.74. The van der Waals surface area contributed by atoms with E-state index in [1.807, 2.05) is 136 Å². The zero-order chi connectivity index (χ0) is 76.5. The van der Waals surface area contributed by atoms with Crippen LogP contribution in [0, 0.1) is 0 Å². The molecule has 0 aliphatic heterocycles. The van der Waals surface area contributed by atoms with Gasteiger partial charge < -0.3 is 0 Å². The summed E-state index contributed by atoms with van der Waals surface area (Å²) >= 11 is 0. The van der Waals surface area contributed by atoms with Gasteiger partial charge in [-0.3, -0.25) is 40.0 Å². The molecular weight excluding hydrogens is 1420 g/mol. The molecule has 8 rings (SSSR count). The lowest BCUT2D eigenvalue weighted by molar-refractivity contribution is -0.124. The highest BCUT2D eigenvalue weighted by Gasteiger charge is 2.30. The lowest BCUT2D eigenvalue weighted by Gasteiger charge is -2.29.